The average Bonchev–Trinajstić information content (AvgIpc) is 4.37. The van der Waals surface area contributed by atoms with Crippen LogP contribution in [0.4, 0.5) is 0 Å². The molecule has 5 heteroatoms. The molecule has 5 aromatic heterocycles. The maximum Gasteiger partial charge on any atom is 0.0541 e. The summed E-state index contributed by atoms with van der Waals surface area (Å²) in [6.45, 7) is 20.5. The second-order valence-electron chi connectivity index (χ2n) is 23.7. The van der Waals surface area contributed by atoms with Crippen molar-refractivity contribution in [3.63, 3.8) is 0 Å². The highest BCUT2D eigenvalue weighted by Gasteiger charge is 2.24. The molecule has 0 aliphatic rings. The monoisotopic (exact) mass is 1000 g/mol. The summed E-state index contributed by atoms with van der Waals surface area (Å²) < 4.78 is 12.2. The van der Waals surface area contributed by atoms with Gasteiger partial charge in [0.05, 0.1) is 27.6 Å². The SMILES string of the molecule is CC(C)(C)n1c2ccccc2c2cc(-n3c4ccccc4c4ccccc43)ccc21.CC(C)(C)n1c2ccccc2c2ccc(-n3c4ccccc4c4ccccc43)cc21.CC(C)(C)n1c2ccccc2c2ccccc21. The lowest BCUT2D eigenvalue weighted by Crippen LogP contribution is -2.21. The first kappa shape index (κ1) is 47.9. The number of rotatable bonds is 2. The highest BCUT2D eigenvalue weighted by Crippen LogP contribution is 2.40. The molecule has 10 aromatic carbocycles. The molecule has 5 nitrogen and oxygen atoms in total. The van der Waals surface area contributed by atoms with Crippen molar-refractivity contribution < 1.29 is 0 Å². The van der Waals surface area contributed by atoms with Gasteiger partial charge in [0.15, 0.2) is 0 Å². The molecular weight excluding hydrogens is 935 g/mol. The van der Waals surface area contributed by atoms with Gasteiger partial charge < -0.3 is 22.8 Å². The van der Waals surface area contributed by atoms with Crippen LogP contribution in [-0.4, -0.2) is 22.8 Å². The Balaban J connectivity index is 0.000000115. The molecule has 0 aliphatic carbocycles. The lowest BCUT2D eigenvalue weighted by atomic mass is 10.1. The van der Waals surface area contributed by atoms with Crippen molar-refractivity contribution >= 4 is 109 Å². The van der Waals surface area contributed by atoms with Crippen LogP contribution in [0.25, 0.3) is 120 Å². The van der Waals surface area contributed by atoms with Gasteiger partial charge in [-0.3, -0.25) is 0 Å². The molecule has 0 spiro atoms. The molecule has 0 aliphatic heterocycles. The van der Waals surface area contributed by atoms with E-state index < -0.39 is 0 Å². The number of benzene rings is 10. The third-order valence-electron chi connectivity index (χ3n) is 15.6. The highest BCUT2D eigenvalue weighted by atomic mass is 15.1. The Hall–Kier alpha value is -8.80. The zero-order valence-corrected chi connectivity index (χ0v) is 45.7. The predicted molar refractivity (Wildman–Crippen MR) is 332 cm³/mol. The number of fused-ring (bicyclic) bond motifs is 15. The van der Waals surface area contributed by atoms with Crippen LogP contribution in [0.3, 0.4) is 0 Å². The fourth-order valence-electron chi connectivity index (χ4n) is 12.7. The first-order chi connectivity index (χ1) is 37.2. The second-order valence-corrected chi connectivity index (χ2v) is 23.7. The van der Waals surface area contributed by atoms with E-state index in [2.05, 4.69) is 316 Å². The minimum absolute atomic E-state index is 0.00964. The van der Waals surface area contributed by atoms with Gasteiger partial charge in [-0.25, -0.2) is 0 Å². The number of nitrogens with zero attached hydrogens (tertiary/aromatic N) is 5. The summed E-state index contributed by atoms with van der Waals surface area (Å²) in [5.41, 5.74) is 15.3. The molecule has 0 N–H and O–H groups in total. The van der Waals surface area contributed by atoms with E-state index >= 15 is 0 Å². The average molecular weight is 1000 g/mol. The summed E-state index contributed by atoms with van der Waals surface area (Å²) in [5, 5.41) is 13.1. The molecule has 0 saturated heterocycles. The van der Waals surface area contributed by atoms with Crippen LogP contribution in [0, 0.1) is 0 Å². The zero-order chi connectivity index (χ0) is 53.0. The first-order valence-electron chi connectivity index (χ1n) is 27.2. The Morgan fingerprint density at radius 3 is 0.740 bits per heavy atom. The van der Waals surface area contributed by atoms with E-state index in [4.69, 9.17) is 0 Å². The van der Waals surface area contributed by atoms with E-state index in [9.17, 15) is 0 Å². The molecule has 0 radical (unpaired) electrons. The fourth-order valence-corrected chi connectivity index (χ4v) is 12.7. The van der Waals surface area contributed by atoms with Gasteiger partial charge in [0, 0.05) is 109 Å². The summed E-state index contributed by atoms with van der Waals surface area (Å²) >= 11 is 0. The Bertz CT molecular complexity index is 4590. The van der Waals surface area contributed by atoms with Gasteiger partial charge in [-0.15, -0.1) is 0 Å². The van der Waals surface area contributed by atoms with E-state index in [0.29, 0.717) is 0 Å². The predicted octanol–water partition coefficient (Wildman–Crippen LogP) is 19.8. The van der Waals surface area contributed by atoms with Gasteiger partial charge >= 0.3 is 0 Å². The number of aromatic nitrogens is 5. The third kappa shape index (κ3) is 7.81. The molecule has 0 saturated carbocycles. The number of hydrogen-bond acceptors (Lipinski definition) is 0. The topological polar surface area (TPSA) is 24.6 Å². The zero-order valence-electron chi connectivity index (χ0n) is 45.7. The van der Waals surface area contributed by atoms with Crippen molar-refractivity contribution in [2.45, 2.75) is 78.9 Å². The molecule has 378 valence electrons. The van der Waals surface area contributed by atoms with Gasteiger partial charge in [-0.2, -0.15) is 0 Å². The van der Waals surface area contributed by atoms with Crippen LogP contribution in [0.15, 0.2) is 231 Å². The van der Waals surface area contributed by atoms with Crippen LogP contribution in [-0.2, 0) is 16.6 Å². The van der Waals surface area contributed by atoms with Crippen molar-refractivity contribution in [1.29, 1.82) is 0 Å². The molecule has 15 rings (SSSR count). The van der Waals surface area contributed by atoms with Gasteiger partial charge in [-0.1, -0.05) is 152 Å². The normalized spacial score (nSPS) is 12.5. The summed E-state index contributed by atoms with van der Waals surface area (Å²) in [5.74, 6) is 0. The summed E-state index contributed by atoms with van der Waals surface area (Å²) in [6.07, 6.45) is 0. The van der Waals surface area contributed by atoms with E-state index in [0.717, 1.165) is 0 Å². The maximum atomic E-state index is 2.48. The number of hydrogen-bond donors (Lipinski definition) is 0. The van der Waals surface area contributed by atoms with Crippen molar-refractivity contribution in [1.82, 2.24) is 22.8 Å². The van der Waals surface area contributed by atoms with Crippen molar-refractivity contribution in [3.05, 3.63) is 231 Å². The lowest BCUT2D eigenvalue weighted by molar-refractivity contribution is 0.423. The molecule has 5 heterocycles. The van der Waals surface area contributed by atoms with E-state index in [1.165, 1.54) is 120 Å². The molecule has 0 bridgehead atoms. The van der Waals surface area contributed by atoms with Gasteiger partial charge in [0.25, 0.3) is 0 Å². The Kier molecular flexibility index (Phi) is 11.1. The van der Waals surface area contributed by atoms with E-state index in [-0.39, 0.29) is 16.6 Å². The second kappa shape index (κ2) is 17.9. The molecule has 0 fully saturated rings. The molecule has 0 atom stereocenters. The minimum atomic E-state index is -0.0131. The maximum absolute atomic E-state index is 2.48. The standard InChI is InChI=1S/2C28H24N2.C16H17N/c1-28(2,3)30-26-15-9-6-12-22(26)23-18-19(16-17-27(23)30)29-24-13-7-4-10-20(24)21-11-5-8-14-25(21)29;1-28(2,3)30-26-15-9-6-12-22(26)23-17-16-19(18-27(23)30)29-24-13-7-4-10-20(24)21-11-5-8-14-25(21)29;1-16(2,3)17-14-10-6-4-8-12(14)13-9-5-7-11-15(13)17/h2*4-18H,1-3H3;4-11H,1-3H3. The molecule has 77 heavy (non-hydrogen) atoms. The van der Waals surface area contributed by atoms with Gasteiger partial charge in [0.1, 0.15) is 0 Å². The van der Waals surface area contributed by atoms with Crippen molar-refractivity contribution in [3.8, 4) is 11.4 Å². The first-order valence-corrected chi connectivity index (χ1v) is 27.2. The molecule has 0 amide bonds. The quantitative estimate of drug-likeness (QED) is 0.165. The van der Waals surface area contributed by atoms with Crippen LogP contribution in [0.2, 0.25) is 0 Å². The lowest BCUT2D eigenvalue weighted by Gasteiger charge is -2.24. The summed E-state index contributed by atoms with van der Waals surface area (Å²) in [6, 6.07) is 83.4. The molecular formula is C72H65N5. The Morgan fingerprint density at radius 1 is 0.195 bits per heavy atom. The van der Waals surface area contributed by atoms with E-state index in [1.807, 2.05) is 0 Å². The van der Waals surface area contributed by atoms with Crippen LogP contribution < -0.4 is 0 Å². The highest BCUT2D eigenvalue weighted by molar-refractivity contribution is 6.14. The Morgan fingerprint density at radius 2 is 0.416 bits per heavy atom. The third-order valence-corrected chi connectivity index (χ3v) is 15.6. The fraction of sp³-hybridized carbons (Fsp3) is 0.167. The van der Waals surface area contributed by atoms with Crippen LogP contribution in [0.1, 0.15) is 62.3 Å². The largest absolute Gasteiger partial charge is 0.335 e. The summed E-state index contributed by atoms with van der Waals surface area (Å²) in [7, 11) is 0. The van der Waals surface area contributed by atoms with Gasteiger partial charge in [-0.05, 0) is 141 Å². The smallest absolute Gasteiger partial charge is 0.0541 e. The van der Waals surface area contributed by atoms with Crippen molar-refractivity contribution in [2.75, 3.05) is 0 Å². The van der Waals surface area contributed by atoms with Crippen molar-refractivity contribution in [2.24, 2.45) is 0 Å². The molecule has 15 aromatic rings. The van der Waals surface area contributed by atoms with Gasteiger partial charge in [0.2, 0.25) is 0 Å². The summed E-state index contributed by atoms with van der Waals surface area (Å²) in [4.78, 5) is 0. The van der Waals surface area contributed by atoms with Crippen LogP contribution >= 0.6 is 0 Å². The minimum Gasteiger partial charge on any atom is -0.335 e. The number of para-hydroxylation sites is 8. The van der Waals surface area contributed by atoms with E-state index in [1.54, 1.807) is 0 Å². The Labute approximate surface area is 450 Å². The molecule has 0 unspecified atom stereocenters. The van der Waals surface area contributed by atoms with Crippen LogP contribution in [0.5, 0.6) is 0 Å².